The molecule has 1 amide bonds. The summed E-state index contributed by atoms with van der Waals surface area (Å²) in [4.78, 5) is 12.0. The van der Waals surface area contributed by atoms with Gasteiger partial charge in [-0.1, -0.05) is 35.5 Å². The Morgan fingerprint density at radius 1 is 1.43 bits per heavy atom. The van der Waals surface area contributed by atoms with E-state index in [0.717, 1.165) is 5.56 Å². The van der Waals surface area contributed by atoms with Gasteiger partial charge in [0, 0.05) is 13.5 Å². The Bertz CT molecular complexity index is 649. The summed E-state index contributed by atoms with van der Waals surface area (Å²) in [5.41, 5.74) is 7.02. The summed E-state index contributed by atoms with van der Waals surface area (Å²) >= 11 is 0. The lowest BCUT2D eigenvalue weighted by Gasteiger charge is -2.08. The summed E-state index contributed by atoms with van der Waals surface area (Å²) in [5, 5.41) is 18.4. The summed E-state index contributed by atoms with van der Waals surface area (Å²) in [6.45, 7) is 0. The molecule has 0 aliphatic carbocycles. The molecule has 2 aromatic rings. The third kappa shape index (κ3) is 3.59. The first kappa shape index (κ1) is 14.6. The molecule has 0 saturated carbocycles. The van der Waals surface area contributed by atoms with E-state index >= 15 is 0 Å². The first-order chi connectivity index (χ1) is 10.1. The summed E-state index contributed by atoms with van der Waals surface area (Å²) < 4.78 is 1.47. The minimum atomic E-state index is -0.158. The maximum absolute atomic E-state index is 12.0. The number of carbonyl (C=O) groups excluding carboxylic acids is 1. The van der Waals surface area contributed by atoms with Crippen molar-refractivity contribution in [3.8, 4) is 0 Å². The van der Waals surface area contributed by atoms with Crippen LogP contribution in [0.15, 0.2) is 41.7 Å². The Morgan fingerprint density at radius 2 is 2.14 bits per heavy atom. The average Bonchev–Trinajstić information content (AvgIpc) is 2.86. The Morgan fingerprint density at radius 3 is 2.81 bits per heavy atom. The molecule has 2 rings (SSSR count). The average molecular weight is 287 g/mol. The van der Waals surface area contributed by atoms with Crippen molar-refractivity contribution in [3.63, 3.8) is 0 Å². The first-order valence-electron chi connectivity index (χ1n) is 6.45. The number of oxime groups is 1. The van der Waals surface area contributed by atoms with Crippen LogP contribution in [0.3, 0.4) is 0 Å². The van der Waals surface area contributed by atoms with Crippen LogP contribution >= 0.6 is 0 Å². The number of nitrogens with zero attached hydrogens (tertiary/aromatic N) is 3. The van der Waals surface area contributed by atoms with Crippen LogP contribution in [0, 0.1) is 0 Å². The third-order valence-electron chi connectivity index (χ3n) is 3.06. The Labute approximate surface area is 122 Å². The minimum absolute atomic E-state index is 0.0959. The maximum atomic E-state index is 12.0. The molecule has 0 saturated heterocycles. The van der Waals surface area contributed by atoms with Crippen LogP contribution in [0.1, 0.15) is 17.5 Å². The van der Waals surface area contributed by atoms with Gasteiger partial charge in [0.1, 0.15) is 5.82 Å². The number of nitrogens with one attached hydrogen (secondary N) is 1. The number of aryl methyl sites for hydroxylation is 2. The molecule has 7 heteroatoms. The number of anilines is 1. The van der Waals surface area contributed by atoms with Crippen LogP contribution < -0.4 is 11.1 Å². The van der Waals surface area contributed by atoms with Crippen LogP contribution in [-0.4, -0.2) is 26.7 Å². The molecule has 0 bridgehead atoms. The molecule has 7 nitrogen and oxygen atoms in total. The molecule has 110 valence electrons. The second kappa shape index (κ2) is 6.56. The molecule has 4 N–H and O–H groups in total. The van der Waals surface area contributed by atoms with Gasteiger partial charge in [-0.3, -0.25) is 9.48 Å². The molecule has 1 aromatic carbocycles. The van der Waals surface area contributed by atoms with Crippen molar-refractivity contribution in [2.75, 3.05) is 5.32 Å². The molecular weight excluding hydrogens is 270 g/mol. The zero-order chi connectivity index (χ0) is 15.2. The summed E-state index contributed by atoms with van der Waals surface area (Å²) in [5.74, 6) is 0.152. The number of hydrogen-bond donors (Lipinski definition) is 3. The van der Waals surface area contributed by atoms with Gasteiger partial charge in [-0.15, -0.1) is 0 Å². The summed E-state index contributed by atoms with van der Waals surface area (Å²) in [7, 11) is 1.67. The summed E-state index contributed by atoms with van der Waals surface area (Å²) in [6, 6.07) is 9.75. The van der Waals surface area contributed by atoms with Crippen LogP contribution in [-0.2, 0) is 18.3 Å². The van der Waals surface area contributed by atoms with Crippen LogP contribution in [0.5, 0.6) is 0 Å². The smallest absolute Gasteiger partial charge is 0.225 e. The fourth-order valence-corrected chi connectivity index (χ4v) is 1.92. The van der Waals surface area contributed by atoms with Crippen molar-refractivity contribution < 1.29 is 10.0 Å². The molecule has 0 aliphatic heterocycles. The minimum Gasteiger partial charge on any atom is -0.409 e. The lowest BCUT2D eigenvalue weighted by Crippen LogP contribution is -2.20. The number of carbonyl (C=O) groups is 1. The molecule has 0 aliphatic rings. The van der Waals surface area contributed by atoms with Gasteiger partial charge < -0.3 is 16.3 Å². The number of benzene rings is 1. The number of nitrogens with two attached hydrogens (primary N) is 1. The number of aromatic nitrogens is 2. The molecular formula is C14H17N5O2. The summed E-state index contributed by atoms with van der Waals surface area (Å²) in [6.07, 6.45) is 2.41. The Hall–Kier alpha value is -2.83. The highest BCUT2D eigenvalue weighted by molar-refractivity contribution is 6.04. The zero-order valence-corrected chi connectivity index (χ0v) is 11.7. The van der Waals surface area contributed by atoms with Gasteiger partial charge in [-0.2, -0.15) is 5.10 Å². The molecule has 0 fully saturated rings. The molecule has 0 spiro atoms. The quantitative estimate of drug-likeness (QED) is 0.331. The van der Waals surface area contributed by atoms with Gasteiger partial charge in [0.05, 0.1) is 11.8 Å². The lowest BCUT2D eigenvalue weighted by molar-refractivity contribution is -0.116. The highest BCUT2D eigenvalue weighted by atomic mass is 16.4. The molecule has 1 aromatic heterocycles. The number of rotatable bonds is 5. The van der Waals surface area contributed by atoms with E-state index in [9.17, 15) is 4.79 Å². The number of amides is 1. The van der Waals surface area contributed by atoms with Crippen molar-refractivity contribution in [2.24, 2.45) is 17.9 Å². The molecule has 0 unspecified atom stereocenters. The van der Waals surface area contributed by atoms with Gasteiger partial charge in [0.25, 0.3) is 0 Å². The largest absolute Gasteiger partial charge is 0.409 e. The number of hydrogen-bond acceptors (Lipinski definition) is 4. The van der Waals surface area contributed by atoms with E-state index in [1.807, 2.05) is 30.3 Å². The van der Waals surface area contributed by atoms with Gasteiger partial charge in [0.2, 0.25) is 5.91 Å². The molecule has 0 atom stereocenters. The second-order valence-electron chi connectivity index (χ2n) is 4.55. The van der Waals surface area contributed by atoms with Crippen molar-refractivity contribution >= 4 is 17.6 Å². The van der Waals surface area contributed by atoms with Crippen LogP contribution in [0.2, 0.25) is 0 Å². The van der Waals surface area contributed by atoms with E-state index in [2.05, 4.69) is 15.6 Å². The van der Waals surface area contributed by atoms with Gasteiger partial charge in [0.15, 0.2) is 5.84 Å². The SMILES string of the molecule is Cn1ncc(C(N)=NO)c1NC(=O)CCc1ccccc1. The topological polar surface area (TPSA) is 106 Å². The van der Waals surface area contributed by atoms with Crippen molar-refractivity contribution in [3.05, 3.63) is 47.7 Å². The monoisotopic (exact) mass is 287 g/mol. The van der Waals surface area contributed by atoms with Crippen molar-refractivity contribution in [1.82, 2.24) is 9.78 Å². The Kier molecular flexibility index (Phi) is 4.55. The fraction of sp³-hybridized carbons (Fsp3) is 0.214. The highest BCUT2D eigenvalue weighted by Gasteiger charge is 2.15. The Balaban J connectivity index is 2.02. The normalized spacial score (nSPS) is 11.4. The standard InChI is InChI=1S/C14H17N5O2/c1-19-14(11(9-16-19)13(15)18-21)17-12(20)8-7-10-5-3-2-4-6-10/h2-6,9,21H,7-8H2,1H3,(H2,15,18)(H,17,20). The number of amidine groups is 1. The van der Waals surface area contributed by atoms with E-state index in [1.54, 1.807) is 7.05 Å². The third-order valence-corrected chi connectivity index (χ3v) is 3.06. The van der Waals surface area contributed by atoms with E-state index in [4.69, 9.17) is 10.9 Å². The van der Waals surface area contributed by atoms with E-state index in [1.165, 1.54) is 10.9 Å². The molecule has 1 heterocycles. The predicted octanol–water partition coefficient (Wildman–Crippen LogP) is 1.09. The van der Waals surface area contributed by atoms with Crippen molar-refractivity contribution in [2.45, 2.75) is 12.8 Å². The van der Waals surface area contributed by atoms with Gasteiger partial charge in [-0.05, 0) is 12.0 Å². The highest BCUT2D eigenvalue weighted by Crippen LogP contribution is 2.14. The van der Waals surface area contributed by atoms with Crippen LogP contribution in [0.25, 0.3) is 0 Å². The predicted molar refractivity (Wildman–Crippen MR) is 79.1 cm³/mol. The first-order valence-corrected chi connectivity index (χ1v) is 6.45. The van der Waals surface area contributed by atoms with Crippen LogP contribution in [0.4, 0.5) is 5.82 Å². The second-order valence-corrected chi connectivity index (χ2v) is 4.55. The zero-order valence-electron chi connectivity index (χ0n) is 11.7. The molecule has 0 radical (unpaired) electrons. The van der Waals surface area contributed by atoms with Crippen molar-refractivity contribution in [1.29, 1.82) is 0 Å². The maximum Gasteiger partial charge on any atom is 0.225 e. The van der Waals surface area contributed by atoms with E-state index in [-0.39, 0.29) is 11.7 Å². The van der Waals surface area contributed by atoms with E-state index in [0.29, 0.717) is 24.2 Å². The van der Waals surface area contributed by atoms with Gasteiger partial charge in [-0.25, -0.2) is 0 Å². The van der Waals surface area contributed by atoms with E-state index < -0.39 is 0 Å². The fourth-order valence-electron chi connectivity index (χ4n) is 1.92. The molecule has 21 heavy (non-hydrogen) atoms. The lowest BCUT2D eigenvalue weighted by atomic mass is 10.1. The van der Waals surface area contributed by atoms with Gasteiger partial charge >= 0.3 is 0 Å².